The van der Waals surface area contributed by atoms with Crippen molar-refractivity contribution in [2.24, 2.45) is 11.8 Å². The van der Waals surface area contributed by atoms with Gasteiger partial charge in [0.2, 0.25) is 0 Å². The minimum atomic E-state index is 0.177. The molecule has 1 fully saturated rings. The molecule has 2 nitrogen and oxygen atoms in total. The van der Waals surface area contributed by atoms with Gasteiger partial charge in [0.25, 0.3) is 0 Å². The molecule has 2 aliphatic rings. The molecule has 72 valence electrons. The normalized spacial score (nSPS) is 35.1. The lowest BCUT2D eigenvalue weighted by molar-refractivity contribution is -0.123. The Balaban J connectivity index is 1.99. The minimum Gasteiger partial charge on any atom is -0.469 e. The molecule has 0 aliphatic heterocycles. The molecule has 0 unspecified atom stereocenters. The summed E-state index contributed by atoms with van der Waals surface area (Å²) in [6.07, 6.45) is 7.91. The highest BCUT2D eigenvalue weighted by atomic mass is 16.3. The third-order valence-electron chi connectivity index (χ3n) is 3.38. The topological polar surface area (TPSA) is 30.2 Å². The maximum absolute atomic E-state index is 11.8. The summed E-state index contributed by atoms with van der Waals surface area (Å²) in [5, 5.41) is 0. The van der Waals surface area contributed by atoms with Crippen LogP contribution in [-0.2, 0) is 4.79 Å². The van der Waals surface area contributed by atoms with E-state index in [1.807, 2.05) is 12.1 Å². The van der Waals surface area contributed by atoms with Gasteiger partial charge in [0, 0.05) is 17.8 Å². The third kappa shape index (κ3) is 0.999. The van der Waals surface area contributed by atoms with Crippen LogP contribution in [0.2, 0.25) is 0 Å². The van der Waals surface area contributed by atoms with E-state index in [1.54, 1.807) is 6.26 Å². The van der Waals surface area contributed by atoms with Crippen LogP contribution in [0.4, 0.5) is 0 Å². The number of fused-ring (bicyclic) bond motifs is 2. The summed E-state index contributed by atoms with van der Waals surface area (Å²) in [5.41, 5.74) is 0. The van der Waals surface area contributed by atoms with Gasteiger partial charge < -0.3 is 4.42 Å². The van der Waals surface area contributed by atoms with Gasteiger partial charge >= 0.3 is 0 Å². The van der Waals surface area contributed by atoms with Gasteiger partial charge in [-0.1, -0.05) is 12.2 Å². The molecule has 1 heterocycles. The Labute approximate surface area is 82.6 Å². The van der Waals surface area contributed by atoms with Gasteiger partial charge in [-0.15, -0.1) is 0 Å². The highest BCUT2D eigenvalue weighted by Gasteiger charge is 2.41. The Morgan fingerprint density at radius 1 is 1.29 bits per heavy atom. The number of rotatable bonds is 1. The van der Waals surface area contributed by atoms with Crippen molar-refractivity contribution < 1.29 is 9.21 Å². The molecule has 0 amide bonds. The number of hydrogen-bond acceptors (Lipinski definition) is 2. The highest BCUT2D eigenvalue weighted by molar-refractivity contribution is 5.89. The summed E-state index contributed by atoms with van der Waals surface area (Å²) >= 11 is 0. The van der Waals surface area contributed by atoms with Crippen LogP contribution in [0, 0.1) is 11.8 Å². The second-order valence-corrected chi connectivity index (χ2v) is 4.12. The smallest absolute Gasteiger partial charge is 0.143 e. The second kappa shape index (κ2) is 2.84. The molecular weight excluding hydrogens is 176 g/mol. The van der Waals surface area contributed by atoms with Crippen LogP contribution in [0.15, 0.2) is 35.0 Å². The van der Waals surface area contributed by atoms with Crippen LogP contribution in [0.25, 0.3) is 0 Å². The number of allylic oxidation sites excluding steroid dienone is 2. The summed E-state index contributed by atoms with van der Waals surface area (Å²) < 4.78 is 5.37. The molecule has 1 aromatic rings. The predicted octanol–water partition coefficient (Wildman–Crippen LogP) is 2.53. The number of carbonyl (C=O) groups excluding carboxylic acids is 1. The number of carbonyl (C=O) groups is 1. The highest BCUT2D eigenvalue weighted by Crippen LogP contribution is 2.43. The van der Waals surface area contributed by atoms with Crippen LogP contribution in [-0.4, -0.2) is 5.78 Å². The molecule has 0 radical (unpaired) electrons. The van der Waals surface area contributed by atoms with E-state index in [-0.39, 0.29) is 17.8 Å². The number of Topliss-reactive ketones (excluding diaryl/α,β-unsaturated/α-hetero) is 1. The zero-order chi connectivity index (χ0) is 9.54. The van der Waals surface area contributed by atoms with Crippen molar-refractivity contribution in [3.63, 3.8) is 0 Å². The molecule has 0 spiro atoms. The standard InChI is InChI=1S/C12H12O2/c13-12-8-3-5-9(10(12)6-4-8)11-2-1-7-14-11/h1-3,5,7-10H,4,6H2/t8-,9-,10-/m0/s1. The molecule has 14 heavy (non-hydrogen) atoms. The predicted molar refractivity (Wildman–Crippen MR) is 51.8 cm³/mol. The molecule has 0 aromatic carbocycles. The zero-order valence-corrected chi connectivity index (χ0v) is 7.85. The van der Waals surface area contributed by atoms with Crippen molar-refractivity contribution in [2.45, 2.75) is 18.8 Å². The van der Waals surface area contributed by atoms with Crippen molar-refractivity contribution in [3.05, 3.63) is 36.3 Å². The van der Waals surface area contributed by atoms with E-state index in [0.717, 1.165) is 18.6 Å². The average Bonchev–Trinajstić information content (AvgIpc) is 2.76. The van der Waals surface area contributed by atoms with Crippen LogP contribution < -0.4 is 0 Å². The molecule has 0 N–H and O–H groups in total. The van der Waals surface area contributed by atoms with E-state index in [0.29, 0.717) is 5.78 Å². The Morgan fingerprint density at radius 3 is 3.00 bits per heavy atom. The van der Waals surface area contributed by atoms with Gasteiger partial charge in [-0.2, -0.15) is 0 Å². The van der Waals surface area contributed by atoms with Crippen molar-refractivity contribution in [3.8, 4) is 0 Å². The van der Waals surface area contributed by atoms with E-state index >= 15 is 0 Å². The Morgan fingerprint density at radius 2 is 2.21 bits per heavy atom. The SMILES string of the molecule is O=C1[C@H]2CC[C@@H]1C=C[C@@H]2c1ccco1. The maximum Gasteiger partial charge on any atom is 0.143 e. The fourth-order valence-electron chi connectivity index (χ4n) is 2.63. The average molecular weight is 188 g/mol. The summed E-state index contributed by atoms with van der Waals surface area (Å²) in [6.45, 7) is 0. The Hall–Kier alpha value is -1.31. The molecule has 2 bridgehead atoms. The molecule has 0 saturated heterocycles. The summed E-state index contributed by atoms with van der Waals surface area (Å²) in [7, 11) is 0. The van der Waals surface area contributed by atoms with E-state index in [1.165, 1.54) is 0 Å². The number of hydrogen-bond donors (Lipinski definition) is 0. The van der Waals surface area contributed by atoms with Gasteiger partial charge in [-0.3, -0.25) is 4.79 Å². The zero-order valence-electron chi connectivity index (χ0n) is 7.85. The first-order valence-electron chi connectivity index (χ1n) is 5.12. The van der Waals surface area contributed by atoms with Crippen LogP contribution in [0.5, 0.6) is 0 Å². The second-order valence-electron chi connectivity index (χ2n) is 4.12. The largest absolute Gasteiger partial charge is 0.469 e. The lowest BCUT2D eigenvalue weighted by Crippen LogP contribution is -2.22. The van der Waals surface area contributed by atoms with Crippen molar-refractivity contribution in [1.29, 1.82) is 0 Å². The lowest BCUT2D eigenvalue weighted by atomic mass is 9.83. The summed E-state index contributed by atoms with van der Waals surface area (Å²) in [5.74, 6) is 1.91. The number of ketones is 1. The molecule has 1 aromatic heterocycles. The van der Waals surface area contributed by atoms with Gasteiger partial charge in [0.05, 0.1) is 6.26 Å². The van der Waals surface area contributed by atoms with Gasteiger partial charge in [0.1, 0.15) is 11.5 Å². The molecule has 1 saturated carbocycles. The van der Waals surface area contributed by atoms with Crippen LogP contribution in [0.1, 0.15) is 24.5 Å². The lowest BCUT2D eigenvalue weighted by Gasteiger charge is -2.20. The van der Waals surface area contributed by atoms with E-state index < -0.39 is 0 Å². The molecule has 3 atom stereocenters. The maximum atomic E-state index is 11.8. The molecular formula is C12H12O2. The Bertz CT molecular complexity index is 375. The first-order valence-corrected chi connectivity index (χ1v) is 5.12. The third-order valence-corrected chi connectivity index (χ3v) is 3.38. The monoisotopic (exact) mass is 188 g/mol. The van der Waals surface area contributed by atoms with Crippen molar-refractivity contribution in [1.82, 2.24) is 0 Å². The van der Waals surface area contributed by atoms with Gasteiger partial charge in [-0.05, 0) is 25.0 Å². The summed E-state index contributed by atoms with van der Waals surface area (Å²) in [6, 6.07) is 3.84. The van der Waals surface area contributed by atoms with Crippen LogP contribution in [0.3, 0.4) is 0 Å². The van der Waals surface area contributed by atoms with Crippen molar-refractivity contribution in [2.75, 3.05) is 0 Å². The quantitative estimate of drug-likeness (QED) is 0.634. The fourth-order valence-corrected chi connectivity index (χ4v) is 2.63. The van der Waals surface area contributed by atoms with Crippen molar-refractivity contribution >= 4 is 5.78 Å². The molecule has 2 aliphatic carbocycles. The molecule has 2 heteroatoms. The summed E-state index contributed by atoms with van der Waals surface area (Å²) in [4.78, 5) is 11.8. The fraction of sp³-hybridized carbons (Fsp3) is 0.417. The van der Waals surface area contributed by atoms with Gasteiger partial charge in [0.15, 0.2) is 0 Å². The first-order chi connectivity index (χ1) is 6.86. The number of furan rings is 1. The van der Waals surface area contributed by atoms with E-state index in [4.69, 9.17) is 4.42 Å². The Kier molecular flexibility index (Phi) is 1.63. The minimum absolute atomic E-state index is 0.177. The molecule has 3 rings (SSSR count). The van der Waals surface area contributed by atoms with Crippen LogP contribution >= 0.6 is 0 Å². The van der Waals surface area contributed by atoms with E-state index in [9.17, 15) is 4.79 Å². The van der Waals surface area contributed by atoms with Gasteiger partial charge in [-0.25, -0.2) is 0 Å². The van der Waals surface area contributed by atoms with E-state index in [2.05, 4.69) is 12.2 Å². The first kappa shape index (κ1) is 8.04.